The lowest BCUT2D eigenvalue weighted by molar-refractivity contribution is -0.131. The van der Waals surface area contributed by atoms with Crippen LogP contribution in [0.15, 0.2) is 61.1 Å². The van der Waals surface area contributed by atoms with Gasteiger partial charge in [0, 0.05) is 42.8 Å². The van der Waals surface area contributed by atoms with E-state index in [4.69, 9.17) is 10.8 Å². The van der Waals surface area contributed by atoms with E-state index in [-0.39, 0.29) is 30.7 Å². The monoisotopic (exact) mass is 449 g/mol. The predicted octanol–water partition coefficient (Wildman–Crippen LogP) is 4.16. The van der Waals surface area contributed by atoms with Crippen LogP contribution in [0.25, 0.3) is 16.9 Å². The zero-order valence-electron chi connectivity index (χ0n) is 17.2. The summed E-state index contributed by atoms with van der Waals surface area (Å²) in [4.78, 5) is 16.9. The molecule has 0 saturated carbocycles. The molecule has 0 bridgehead atoms. The molecule has 0 aliphatic heterocycles. The fraction of sp³-hybridized carbons (Fsp3) is 0.318. The van der Waals surface area contributed by atoms with Gasteiger partial charge in [0.15, 0.2) is 0 Å². The van der Waals surface area contributed by atoms with Crippen LogP contribution in [0.5, 0.6) is 0 Å². The fourth-order valence-corrected chi connectivity index (χ4v) is 3.32. The molecule has 2 aromatic heterocycles. The first kappa shape index (κ1) is 25.6. The molecule has 0 spiro atoms. The van der Waals surface area contributed by atoms with Gasteiger partial charge in [-0.3, -0.25) is 9.78 Å². The minimum absolute atomic E-state index is 0. The van der Waals surface area contributed by atoms with Crippen LogP contribution in [0.2, 0.25) is 0 Å². The second-order valence-electron chi connectivity index (χ2n) is 6.89. The second kappa shape index (κ2) is 11.7. The molecule has 2 heterocycles. The maximum absolute atomic E-state index is 12.8. The Morgan fingerprint density at radius 1 is 1.07 bits per heavy atom. The molecule has 3 rings (SSSR count). The zero-order valence-corrected chi connectivity index (χ0v) is 18.9. The SMILES string of the molecule is CCC(CC)(CN)C(=O)NCc1cn(-c2ccccc2)nc1-c1ccncc1.Cl.Cl. The third-order valence-corrected chi connectivity index (χ3v) is 5.43. The van der Waals surface area contributed by atoms with Crippen LogP contribution in [-0.4, -0.2) is 27.2 Å². The van der Waals surface area contributed by atoms with Crippen molar-refractivity contribution in [3.63, 3.8) is 0 Å². The van der Waals surface area contributed by atoms with Gasteiger partial charge < -0.3 is 11.1 Å². The number of carbonyl (C=O) groups excluding carboxylic acids is 1. The number of nitrogens with zero attached hydrogens (tertiary/aromatic N) is 3. The molecule has 3 aromatic rings. The topological polar surface area (TPSA) is 85.8 Å². The number of halogens is 2. The van der Waals surface area contributed by atoms with Crippen molar-refractivity contribution >= 4 is 30.7 Å². The summed E-state index contributed by atoms with van der Waals surface area (Å²) in [5, 5.41) is 7.84. The summed E-state index contributed by atoms with van der Waals surface area (Å²) in [5.74, 6) is -0.00635. The van der Waals surface area contributed by atoms with Crippen molar-refractivity contribution in [1.82, 2.24) is 20.1 Å². The molecular weight excluding hydrogens is 421 g/mol. The Balaban J connectivity index is 0.00000225. The molecule has 0 unspecified atom stereocenters. The van der Waals surface area contributed by atoms with Crippen LogP contribution in [0, 0.1) is 5.41 Å². The van der Waals surface area contributed by atoms with Crippen LogP contribution >= 0.6 is 24.8 Å². The molecule has 1 aromatic carbocycles. The molecule has 0 aliphatic rings. The molecule has 0 atom stereocenters. The largest absolute Gasteiger partial charge is 0.351 e. The fourth-order valence-electron chi connectivity index (χ4n) is 3.32. The van der Waals surface area contributed by atoms with Crippen LogP contribution in [0.4, 0.5) is 0 Å². The van der Waals surface area contributed by atoms with E-state index >= 15 is 0 Å². The van der Waals surface area contributed by atoms with Gasteiger partial charge in [0.1, 0.15) is 0 Å². The molecule has 8 heteroatoms. The highest BCUT2D eigenvalue weighted by atomic mass is 35.5. The van der Waals surface area contributed by atoms with Gasteiger partial charge in [-0.2, -0.15) is 5.10 Å². The van der Waals surface area contributed by atoms with Crippen LogP contribution in [0.3, 0.4) is 0 Å². The lowest BCUT2D eigenvalue weighted by Gasteiger charge is -2.28. The predicted molar refractivity (Wildman–Crippen MR) is 125 cm³/mol. The first-order valence-electron chi connectivity index (χ1n) is 9.66. The van der Waals surface area contributed by atoms with Gasteiger partial charge in [0.25, 0.3) is 0 Å². The summed E-state index contributed by atoms with van der Waals surface area (Å²) in [6.45, 7) is 4.74. The smallest absolute Gasteiger partial charge is 0.227 e. The maximum atomic E-state index is 12.8. The van der Waals surface area contributed by atoms with Crippen LogP contribution < -0.4 is 11.1 Å². The Morgan fingerprint density at radius 3 is 2.27 bits per heavy atom. The third-order valence-electron chi connectivity index (χ3n) is 5.43. The van der Waals surface area contributed by atoms with Crippen LogP contribution in [0.1, 0.15) is 32.3 Å². The molecule has 0 aliphatic carbocycles. The van der Waals surface area contributed by atoms with E-state index in [1.807, 2.05) is 67.2 Å². The number of para-hydroxylation sites is 1. The highest BCUT2D eigenvalue weighted by Crippen LogP contribution is 2.27. The molecule has 162 valence electrons. The lowest BCUT2D eigenvalue weighted by Crippen LogP contribution is -2.45. The van der Waals surface area contributed by atoms with Crippen molar-refractivity contribution in [3.8, 4) is 16.9 Å². The number of carbonyl (C=O) groups is 1. The normalized spacial score (nSPS) is 10.6. The van der Waals surface area contributed by atoms with Gasteiger partial charge >= 0.3 is 0 Å². The van der Waals surface area contributed by atoms with Gasteiger partial charge in [0.05, 0.1) is 16.8 Å². The zero-order chi connectivity index (χ0) is 20.0. The van der Waals surface area contributed by atoms with E-state index < -0.39 is 5.41 Å². The third kappa shape index (κ3) is 5.39. The van der Waals surface area contributed by atoms with Gasteiger partial charge in [-0.05, 0) is 37.1 Å². The van der Waals surface area contributed by atoms with Crippen molar-refractivity contribution in [2.45, 2.75) is 33.2 Å². The van der Waals surface area contributed by atoms with Gasteiger partial charge in [0.2, 0.25) is 5.91 Å². The molecule has 3 N–H and O–H groups in total. The van der Waals surface area contributed by atoms with Gasteiger partial charge in [-0.15, -0.1) is 24.8 Å². The summed E-state index contributed by atoms with van der Waals surface area (Å²) in [6, 6.07) is 13.8. The maximum Gasteiger partial charge on any atom is 0.227 e. The summed E-state index contributed by atoms with van der Waals surface area (Å²) in [6.07, 6.45) is 6.88. The van der Waals surface area contributed by atoms with Gasteiger partial charge in [-0.1, -0.05) is 32.0 Å². The van der Waals surface area contributed by atoms with Crippen molar-refractivity contribution in [2.75, 3.05) is 6.54 Å². The second-order valence-corrected chi connectivity index (χ2v) is 6.89. The summed E-state index contributed by atoms with van der Waals surface area (Å²) < 4.78 is 1.84. The van der Waals surface area contributed by atoms with Gasteiger partial charge in [-0.25, -0.2) is 4.68 Å². The first-order valence-corrected chi connectivity index (χ1v) is 9.66. The average molecular weight is 450 g/mol. The highest BCUT2D eigenvalue weighted by molar-refractivity contribution is 5.85. The standard InChI is InChI=1S/C22H27N5O.2ClH/c1-3-22(4-2,16-23)21(28)25-14-18-15-27(19-8-6-5-7-9-19)26-20(18)17-10-12-24-13-11-17;;/h5-13,15H,3-4,14,16,23H2,1-2H3,(H,25,28);2*1H. The van der Waals surface area contributed by atoms with E-state index in [2.05, 4.69) is 10.3 Å². The number of nitrogens with two attached hydrogens (primary N) is 1. The molecule has 30 heavy (non-hydrogen) atoms. The molecule has 1 amide bonds. The summed E-state index contributed by atoms with van der Waals surface area (Å²) in [7, 11) is 0. The Morgan fingerprint density at radius 2 is 1.70 bits per heavy atom. The summed E-state index contributed by atoms with van der Waals surface area (Å²) in [5.41, 5.74) is 9.10. The number of hydrogen-bond acceptors (Lipinski definition) is 4. The number of pyridine rings is 1. The van der Waals surface area contributed by atoms with Crippen molar-refractivity contribution in [3.05, 3.63) is 66.6 Å². The van der Waals surface area contributed by atoms with Crippen LogP contribution in [-0.2, 0) is 11.3 Å². The molecule has 0 fully saturated rings. The van der Waals surface area contributed by atoms with E-state index in [1.165, 1.54) is 0 Å². The Labute approximate surface area is 190 Å². The number of nitrogens with one attached hydrogen (secondary N) is 1. The number of hydrogen-bond donors (Lipinski definition) is 2. The molecule has 0 saturated heterocycles. The number of rotatable bonds is 8. The number of benzene rings is 1. The number of amides is 1. The molecular formula is C22H29Cl2N5O. The van der Waals surface area contributed by atoms with E-state index in [9.17, 15) is 4.79 Å². The quantitative estimate of drug-likeness (QED) is 0.540. The minimum atomic E-state index is -0.522. The van der Waals surface area contributed by atoms with Crippen molar-refractivity contribution in [1.29, 1.82) is 0 Å². The summed E-state index contributed by atoms with van der Waals surface area (Å²) >= 11 is 0. The first-order chi connectivity index (χ1) is 13.6. The number of aromatic nitrogens is 3. The molecule has 0 radical (unpaired) electrons. The van der Waals surface area contributed by atoms with E-state index in [0.717, 1.165) is 22.5 Å². The lowest BCUT2D eigenvalue weighted by atomic mass is 9.81. The average Bonchev–Trinajstić information content (AvgIpc) is 3.19. The highest BCUT2D eigenvalue weighted by Gasteiger charge is 2.33. The van der Waals surface area contributed by atoms with E-state index in [1.54, 1.807) is 12.4 Å². The van der Waals surface area contributed by atoms with Crippen molar-refractivity contribution < 1.29 is 4.79 Å². The van der Waals surface area contributed by atoms with E-state index in [0.29, 0.717) is 25.9 Å². The molecule has 6 nitrogen and oxygen atoms in total. The van der Waals surface area contributed by atoms with Crippen molar-refractivity contribution in [2.24, 2.45) is 11.1 Å². The Hall–Kier alpha value is -2.41. The Kier molecular flexibility index (Phi) is 9.99. The minimum Gasteiger partial charge on any atom is -0.351 e. The Bertz CT molecular complexity index is 904.